The van der Waals surface area contributed by atoms with Gasteiger partial charge in [0.2, 0.25) is 0 Å². The molecule has 17 heteroatoms. The maximum Gasteiger partial charge on any atom is 0.408 e. The fourth-order valence-corrected chi connectivity index (χ4v) is 11.0. The van der Waals surface area contributed by atoms with Crippen molar-refractivity contribution in [3.63, 3.8) is 0 Å². The Labute approximate surface area is 402 Å². The van der Waals surface area contributed by atoms with E-state index in [0.717, 1.165) is 83.6 Å². The second-order valence-electron chi connectivity index (χ2n) is 21.4. The summed E-state index contributed by atoms with van der Waals surface area (Å²) >= 11 is 0. The number of cyclic esters (lactones) is 1. The van der Waals surface area contributed by atoms with Crippen LogP contribution in [0.3, 0.4) is 0 Å². The molecule has 68 heavy (non-hydrogen) atoms. The van der Waals surface area contributed by atoms with Crippen molar-refractivity contribution in [2.75, 3.05) is 102 Å². The van der Waals surface area contributed by atoms with E-state index in [0.29, 0.717) is 71.8 Å². The highest BCUT2D eigenvalue weighted by molar-refractivity contribution is 5.95. The Morgan fingerprint density at radius 2 is 1.72 bits per heavy atom. The van der Waals surface area contributed by atoms with E-state index in [1.165, 1.54) is 17.9 Å². The van der Waals surface area contributed by atoms with Crippen LogP contribution < -0.4 is 20.5 Å². The Kier molecular flexibility index (Phi) is 14.3. The lowest BCUT2D eigenvalue weighted by Crippen LogP contribution is -2.69. The van der Waals surface area contributed by atoms with Gasteiger partial charge in [-0.3, -0.25) is 29.4 Å². The Bertz CT molecular complexity index is 2300. The van der Waals surface area contributed by atoms with E-state index in [9.17, 15) is 9.59 Å². The fourth-order valence-electron chi connectivity index (χ4n) is 11.0. The number of pyridine rings is 1. The number of rotatable bonds is 8. The van der Waals surface area contributed by atoms with E-state index in [2.05, 4.69) is 86.9 Å². The number of carbonyl (C=O) groups is 3. The smallest absolute Gasteiger partial charge is 0.408 e. The van der Waals surface area contributed by atoms with Gasteiger partial charge in [-0.1, -0.05) is 13.8 Å². The number of hydrogen-bond donors (Lipinski definition) is 2. The Hall–Kier alpha value is -4.52. The lowest BCUT2D eigenvalue weighted by molar-refractivity contribution is -0.156. The number of nitrogens with zero attached hydrogens (tertiary/aromatic N) is 7. The molecule has 5 atom stereocenters. The molecule has 5 fully saturated rings. The maximum atomic E-state index is 15.0. The number of aromatic nitrogens is 2. The summed E-state index contributed by atoms with van der Waals surface area (Å²) in [5.41, 5.74) is 9.38. The zero-order valence-electron chi connectivity index (χ0n) is 41.7. The molecule has 5 aliphatic heterocycles. The number of anilines is 2. The highest BCUT2D eigenvalue weighted by atomic mass is 16.6. The third kappa shape index (κ3) is 10.5. The zero-order valence-corrected chi connectivity index (χ0v) is 41.7. The highest BCUT2D eigenvalue weighted by Gasteiger charge is 2.46. The van der Waals surface area contributed by atoms with Gasteiger partial charge in [-0.15, -0.1) is 0 Å². The van der Waals surface area contributed by atoms with E-state index in [1.54, 1.807) is 27.9 Å². The van der Waals surface area contributed by atoms with Gasteiger partial charge in [-0.2, -0.15) is 0 Å². The van der Waals surface area contributed by atoms with Crippen LogP contribution in [0.15, 0.2) is 30.5 Å². The number of morpholine rings is 2. The third-order valence-electron chi connectivity index (χ3n) is 14.7. The number of hydrogen-bond acceptors (Lipinski definition) is 14. The van der Waals surface area contributed by atoms with Crippen LogP contribution in [0.1, 0.15) is 91.5 Å². The predicted octanol–water partition coefficient (Wildman–Crippen LogP) is 5.14. The van der Waals surface area contributed by atoms with Crippen molar-refractivity contribution in [1.29, 1.82) is 0 Å². The van der Waals surface area contributed by atoms with E-state index in [4.69, 9.17) is 28.7 Å². The first-order chi connectivity index (χ1) is 32.6. The summed E-state index contributed by atoms with van der Waals surface area (Å²) < 4.78 is 33.0. The van der Waals surface area contributed by atoms with Crippen molar-refractivity contribution in [3.8, 4) is 11.3 Å². The second kappa shape index (κ2) is 20.1. The minimum Gasteiger partial charge on any atom is -0.464 e. The number of benzene rings is 1. The number of nitrogens with one attached hydrogen (secondary N) is 2. The number of methoxy groups -OCH3 is 1. The van der Waals surface area contributed by atoms with E-state index < -0.39 is 47.3 Å². The van der Waals surface area contributed by atoms with Crippen molar-refractivity contribution in [1.82, 2.24) is 35.1 Å². The molecular weight excluding hydrogens is 867 g/mol. The van der Waals surface area contributed by atoms with Crippen LogP contribution in [0.2, 0.25) is 0 Å². The van der Waals surface area contributed by atoms with Crippen LogP contribution in [0.25, 0.3) is 22.2 Å². The van der Waals surface area contributed by atoms with Crippen molar-refractivity contribution in [2.24, 2.45) is 5.41 Å². The summed E-state index contributed by atoms with van der Waals surface area (Å²) in [6.07, 6.45) is 4.85. The quantitative estimate of drug-likeness (QED) is 0.287. The molecule has 2 amide bonds. The summed E-state index contributed by atoms with van der Waals surface area (Å²) in [5.74, 6) is -0.787. The molecule has 0 spiro atoms. The first kappa shape index (κ1) is 48.5. The molecule has 6 bridgehead atoms. The number of fused-ring (bicyclic) bond motifs is 6. The molecule has 0 unspecified atom stereocenters. The van der Waals surface area contributed by atoms with Gasteiger partial charge in [0, 0.05) is 106 Å². The second-order valence-corrected chi connectivity index (χ2v) is 21.4. The molecule has 0 radical (unpaired) electrons. The van der Waals surface area contributed by atoms with Crippen molar-refractivity contribution < 1.29 is 38.1 Å². The van der Waals surface area contributed by atoms with Crippen molar-refractivity contribution in [2.45, 2.75) is 129 Å². The number of alkyl carbamates (subject to hydrolysis) is 1. The average Bonchev–Trinajstić information content (AvgIpc) is 4.15. The first-order valence-corrected chi connectivity index (χ1v) is 25.2. The van der Waals surface area contributed by atoms with Crippen molar-refractivity contribution >= 4 is 40.2 Å². The Balaban J connectivity index is 1.17. The molecule has 3 aromatic rings. The summed E-state index contributed by atoms with van der Waals surface area (Å²) in [5, 5.41) is 5.63. The minimum atomic E-state index is -1.08. The number of carbonyl (C=O) groups excluding carboxylic acids is 3. The molecule has 372 valence electrons. The molecule has 2 N–H and O–H groups in total. The van der Waals surface area contributed by atoms with E-state index in [1.807, 2.05) is 6.20 Å². The van der Waals surface area contributed by atoms with Crippen LogP contribution in [0, 0.1) is 5.41 Å². The molecule has 1 aliphatic carbocycles. The number of esters is 1. The van der Waals surface area contributed by atoms with Gasteiger partial charge in [0.25, 0.3) is 5.91 Å². The normalized spacial score (nSPS) is 26.3. The maximum absolute atomic E-state index is 15.0. The van der Waals surface area contributed by atoms with Crippen LogP contribution in [-0.4, -0.2) is 171 Å². The third-order valence-corrected chi connectivity index (χ3v) is 14.7. The molecule has 7 heterocycles. The molecule has 4 saturated heterocycles. The van der Waals surface area contributed by atoms with Crippen LogP contribution in [0.4, 0.5) is 16.2 Å². The average molecular weight is 942 g/mol. The molecule has 9 rings (SSSR count). The molecule has 2 aromatic heterocycles. The first-order valence-electron chi connectivity index (χ1n) is 25.2. The lowest BCUT2D eigenvalue weighted by atomic mass is 9.84. The van der Waals surface area contributed by atoms with Crippen LogP contribution >= 0.6 is 0 Å². The largest absolute Gasteiger partial charge is 0.464 e. The number of piperazine rings is 1. The Morgan fingerprint density at radius 3 is 2.43 bits per heavy atom. The minimum absolute atomic E-state index is 0.161. The van der Waals surface area contributed by atoms with Crippen molar-refractivity contribution in [3.05, 3.63) is 41.7 Å². The van der Waals surface area contributed by atoms with Crippen LogP contribution in [-0.2, 0) is 46.2 Å². The summed E-state index contributed by atoms with van der Waals surface area (Å²) in [6, 6.07) is 7.39. The van der Waals surface area contributed by atoms with Gasteiger partial charge >= 0.3 is 12.1 Å². The van der Waals surface area contributed by atoms with E-state index >= 15 is 4.79 Å². The predicted molar refractivity (Wildman–Crippen MR) is 261 cm³/mol. The topological polar surface area (TPSA) is 155 Å². The van der Waals surface area contributed by atoms with Gasteiger partial charge in [-0.05, 0) is 96.6 Å². The van der Waals surface area contributed by atoms with Gasteiger partial charge in [-0.25, -0.2) is 10.2 Å². The monoisotopic (exact) mass is 942 g/mol. The van der Waals surface area contributed by atoms with Crippen LogP contribution in [0.5, 0.6) is 0 Å². The summed E-state index contributed by atoms with van der Waals surface area (Å²) in [7, 11) is 1.74. The Morgan fingerprint density at radius 1 is 0.956 bits per heavy atom. The molecule has 6 aliphatic rings. The van der Waals surface area contributed by atoms with Gasteiger partial charge in [0.05, 0.1) is 67.9 Å². The molecule has 1 aromatic carbocycles. The molecular formula is C51H75N9O8. The highest BCUT2D eigenvalue weighted by Crippen LogP contribution is 2.43. The molecule has 1 saturated carbocycles. The summed E-state index contributed by atoms with van der Waals surface area (Å²) in [6.45, 7) is 22.8. The zero-order chi connectivity index (χ0) is 47.9. The SMILES string of the molecule is CCn1c(-c2cc(N3CCN(C4CC4)CC3)cnc2[C@H](C)OC)c2c3cc(ccc31)N1CCO[C@H](C1)[C@@H](N1CCOCC1)[C@H](NC(=O)OC(C)(C)C)C(=O)N1CCC[C@H](N1)C(=O)OCC(C)(C)C2. The van der Waals surface area contributed by atoms with Gasteiger partial charge < -0.3 is 43.4 Å². The lowest BCUT2D eigenvalue weighted by Gasteiger charge is -2.47. The van der Waals surface area contributed by atoms with Gasteiger partial charge in [0.15, 0.2) is 0 Å². The van der Waals surface area contributed by atoms with Gasteiger partial charge in [0.1, 0.15) is 17.7 Å². The summed E-state index contributed by atoms with van der Waals surface area (Å²) in [4.78, 5) is 57.8. The molecule has 17 nitrogen and oxygen atoms in total. The number of aryl methyl sites for hydroxylation is 1. The fraction of sp³-hybridized carbons (Fsp3) is 0.686. The number of ether oxygens (including phenoxy) is 5. The number of hydrazine groups is 1. The van der Waals surface area contributed by atoms with E-state index in [-0.39, 0.29) is 18.6 Å². The number of amides is 2. The standard InChI is InChI=1S/C51H75N9O8/c1-9-59-41-15-14-35-27-37(41)39(45(59)38-28-36(30-52-43(38)33(2)64-8)56-19-17-55(18-20-56)34-12-13-34)29-51(6,7)32-67-48(62)40-11-10-16-60(54-40)47(61)44(53-49(63)68-50(3,4)5)46(57-21-24-65-25-22-57)42-31-58(35)23-26-66-42/h14-15,27-28,30,33-34,40,42,44,46,54H,9-13,16-26,29,31-32H2,1-8H3,(H,53,63)/t33-,40-,42+,44-,46+/m0/s1.